The van der Waals surface area contributed by atoms with Gasteiger partial charge in [-0.1, -0.05) is 6.92 Å². The Morgan fingerprint density at radius 3 is 2.67 bits per heavy atom. The highest BCUT2D eigenvalue weighted by molar-refractivity contribution is 8.00. The summed E-state index contributed by atoms with van der Waals surface area (Å²) in [5, 5.41) is 20.5. The van der Waals surface area contributed by atoms with Gasteiger partial charge in [-0.05, 0) is 19.3 Å². The fourth-order valence-corrected chi connectivity index (χ4v) is 3.29. The lowest BCUT2D eigenvalue weighted by Crippen LogP contribution is -2.51. The van der Waals surface area contributed by atoms with Crippen molar-refractivity contribution in [1.29, 1.82) is 0 Å². The number of carboxylic acids is 2. The summed E-state index contributed by atoms with van der Waals surface area (Å²) in [7, 11) is 0. The third kappa shape index (κ3) is 6.24. The summed E-state index contributed by atoms with van der Waals surface area (Å²) >= 11 is 1.82. The Bertz CT molecular complexity index is 391. The zero-order valence-electron chi connectivity index (χ0n) is 12.1. The number of amides is 2. The smallest absolute Gasteiger partial charge is 0.326 e. The van der Waals surface area contributed by atoms with E-state index in [4.69, 9.17) is 10.2 Å². The number of carboxylic acid groups (broad SMARTS) is 2. The topological polar surface area (TPSA) is 107 Å². The first kappa shape index (κ1) is 17.6. The molecule has 0 aliphatic carbocycles. The summed E-state index contributed by atoms with van der Waals surface area (Å²) in [6.07, 6.45) is 1.21. The van der Waals surface area contributed by atoms with E-state index in [0.29, 0.717) is 18.3 Å². The van der Waals surface area contributed by atoms with Crippen LogP contribution in [0.4, 0.5) is 4.79 Å². The van der Waals surface area contributed by atoms with Gasteiger partial charge < -0.3 is 20.4 Å². The van der Waals surface area contributed by atoms with Gasteiger partial charge in [0.15, 0.2) is 0 Å². The molecule has 1 fully saturated rings. The van der Waals surface area contributed by atoms with E-state index >= 15 is 0 Å². The number of carbonyl (C=O) groups is 3. The zero-order chi connectivity index (χ0) is 15.8. The molecule has 0 aromatic carbocycles. The zero-order valence-corrected chi connectivity index (χ0v) is 12.9. The van der Waals surface area contributed by atoms with Crippen molar-refractivity contribution >= 4 is 29.7 Å². The first-order chi connectivity index (χ1) is 9.93. The van der Waals surface area contributed by atoms with Gasteiger partial charge in [-0.3, -0.25) is 4.79 Å². The number of nitrogens with zero attached hydrogens (tertiary/aromatic N) is 1. The maximum absolute atomic E-state index is 12.1. The molecule has 21 heavy (non-hydrogen) atoms. The van der Waals surface area contributed by atoms with E-state index in [1.165, 1.54) is 0 Å². The van der Waals surface area contributed by atoms with Gasteiger partial charge in [-0.25, -0.2) is 9.59 Å². The third-order valence-electron chi connectivity index (χ3n) is 3.36. The maximum Gasteiger partial charge on any atom is 0.326 e. The lowest BCUT2D eigenvalue weighted by atomic mass is 10.1. The Balaban J connectivity index is 2.47. The summed E-state index contributed by atoms with van der Waals surface area (Å²) < 4.78 is 0. The first-order valence-corrected chi connectivity index (χ1v) is 8.10. The molecule has 0 radical (unpaired) electrons. The lowest BCUT2D eigenvalue weighted by molar-refractivity contribution is -0.140. The number of carbonyl (C=O) groups excluding carboxylic acids is 1. The van der Waals surface area contributed by atoms with Gasteiger partial charge in [-0.15, -0.1) is 0 Å². The molecule has 1 unspecified atom stereocenters. The minimum atomic E-state index is -1.13. The largest absolute Gasteiger partial charge is 0.481 e. The maximum atomic E-state index is 12.1. The van der Waals surface area contributed by atoms with E-state index < -0.39 is 18.0 Å². The SMILES string of the molecule is CCC1CN(C(=O)N[C@H](CCCC(=O)O)C(=O)O)CCS1. The molecule has 0 saturated carbocycles. The second-order valence-electron chi connectivity index (χ2n) is 4.97. The second-order valence-corrected chi connectivity index (χ2v) is 6.38. The Morgan fingerprint density at radius 2 is 2.10 bits per heavy atom. The van der Waals surface area contributed by atoms with Crippen molar-refractivity contribution < 1.29 is 24.6 Å². The van der Waals surface area contributed by atoms with E-state index in [-0.39, 0.29) is 25.3 Å². The molecule has 3 N–H and O–H groups in total. The average molecular weight is 318 g/mol. The van der Waals surface area contributed by atoms with E-state index in [1.54, 1.807) is 4.90 Å². The van der Waals surface area contributed by atoms with Crippen molar-refractivity contribution in [3.63, 3.8) is 0 Å². The van der Waals surface area contributed by atoms with Crippen LogP contribution in [0.3, 0.4) is 0 Å². The molecule has 1 aliphatic heterocycles. The van der Waals surface area contributed by atoms with E-state index in [9.17, 15) is 14.4 Å². The van der Waals surface area contributed by atoms with Crippen LogP contribution in [0.1, 0.15) is 32.6 Å². The van der Waals surface area contributed by atoms with Crippen molar-refractivity contribution in [3.8, 4) is 0 Å². The molecule has 120 valence electrons. The van der Waals surface area contributed by atoms with Crippen LogP contribution < -0.4 is 5.32 Å². The average Bonchev–Trinajstić information content (AvgIpc) is 2.45. The van der Waals surface area contributed by atoms with Crippen molar-refractivity contribution in [1.82, 2.24) is 10.2 Å². The molecule has 8 heteroatoms. The molecule has 0 aromatic rings. The molecule has 2 atom stereocenters. The number of urea groups is 1. The van der Waals surface area contributed by atoms with Gasteiger partial charge in [-0.2, -0.15) is 11.8 Å². The predicted octanol–water partition coefficient (Wildman–Crippen LogP) is 1.23. The van der Waals surface area contributed by atoms with E-state index in [0.717, 1.165) is 12.2 Å². The van der Waals surface area contributed by atoms with Gasteiger partial charge in [0.2, 0.25) is 0 Å². The number of hydrogen-bond donors (Lipinski definition) is 3. The number of hydrogen-bond acceptors (Lipinski definition) is 4. The monoisotopic (exact) mass is 318 g/mol. The predicted molar refractivity (Wildman–Crippen MR) is 79.6 cm³/mol. The highest BCUT2D eigenvalue weighted by atomic mass is 32.2. The summed E-state index contributed by atoms with van der Waals surface area (Å²) in [5.41, 5.74) is 0. The normalized spacial score (nSPS) is 19.9. The van der Waals surface area contributed by atoms with Crippen molar-refractivity contribution in [3.05, 3.63) is 0 Å². The Kier molecular flexibility index (Phi) is 7.35. The molecule has 0 bridgehead atoms. The Hall–Kier alpha value is -1.44. The highest BCUT2D eigenvalue weighted by Crippen LogP contribution is 2.21. The van der Waals surface area contributed by atoms with Crippen molar-refractivity contribution in [2.24, 2.45) is 0 Å². The fraction of sp³-hybridized carbons (Fsp3) is 0.769. The van der Waals surface area contributed by atoms with Crippen LogP contribution in [0.2, 0.25) is 0 Å². The van der Waals surface area contributed by atoms with Crippen LogP contribution in [-0.4, -0.2) is 63.2 Å². The fourth-order valence-electron chi connectivity index (χ4n) is 2.11. The second kappa shape index (κ2) is 8.76. The van der Waals surface area contributed by atoms with Gasteiger partial charge in [0.05, 0.1) is 0 Å². The number of thioether (sulfide) groups is 1. The van der Waals surface area contributed by atoms with Crippen LogP contribution in [0.15, 0.2) is 0 Å². The molecule has 0 spiro atoms. The van der Waals surface area contributed by atoms with E-state index in [1.807, 2.05) is 11.8 Å². The Labute approximate surface area is 128 Å². The number of aliphatic carboxylic acids is 2. The minimum absolute atomic E-state index is 0.0993. The third-order valence-corrected chi connectivity index (χ3v) is 4.73. The molecule has 1 heterocycles. The molecule has 2 amide bonds. The molecule has 0 aromatic heterocycles. The molecular formula is C13H22N2O5S. The van der Waals surface area contributed by atoms with Crippen LogP contribution >= 0.6 is 11.8 Å². The first-order valence-electron chi connectivity index (χ1n) is 7.05. The number of nitrogens with one attached hydrogen (secondary N) is 1. The molecular weight excluding hydrogens is 296 g/mol. The molecule has 1 rings (SSSR count). The van der Waals surface area contributed by atoms with Gasteiger partial charge in [0, 0.05) is 30.5 Å². The van der Waals surface area contributed by atoms with Gasteiger partial charge in [0.25, 0.3) is 0 Å². The summed E-state index contributed by atoms with van der Waals surface area (Å²) in [6, 6.07) is -1.41. The van der Waals surface area contributed by atoms with Gasteiger partial charge in [0.1, 0.15) is 6.04 Å². The van der Waals surface area contributed by atoms with Crippen LogP contribution in [-0.2, 0) is 9.59 Å². The minimum Gasteiger partial charge on any atom is -0.481 e. The number of rotatable bonds is 7. The molecule has 1 aliphatic rings. The summed E-state index contributed by atoms with van der Waals surface area (Å²) in [6.45, 7) is 3.29. The van der Waals surface area contributed by atoms with Crippen LogP contribution in [0.25, 0.3) is 0 Å². The molecule has 7 nitrogen and oxygen atoms in total. The highest BCUT2D eigenvalue weighted by Gasteiger charge is 2.26. The standard InChI is InChI=1S/C13H22N2O5S/c1-2-9-8-15(6-7-21-9)13(20)14-10(12(18)19)4-3-5-11(16)17/h9-10H,2-8H2,1H3,(H,14,20)(H,16,17)(H,18,19)/t9?,10-/m1/s1. The summed E-state index contributed by atoms with van der Waals surface area (Å²) in [5.74, 6) is -1.25. The van der Waals surface area contributed by atoms with Crippen LogP contribution in [0.5, 0.6) is 0 Å². The summed E-state index contributed by atoms with van der Waals surface area (Å²) in [4.78, 5) is 35.3. The van der Waals surface area contributed by atoms with E-state index in [2.05, 4.69) is 12.2 Å². The van der Waals surface area contributed by atoms with Gasteiger partial charge >= 0.3 is 18.0 Å². The molecule has 1 saturated heterocycles. The van der Waals surface area contributed by atoms with Crippen LogP contribution in [0, 0.1) is 0 Å². The van der Waals surface area contributed by atoms with Crippen molar-refractivity contribution in [2.75, 3.05) is 18.8 Å². The quantitative estimate of drug-likeness (QED) is 0.652. The lowest BCUT2D eigenvalue weighted by Gasteiger charge is -2.32. The van der Waals surface area contributed by atoms with Crippen molar-refractivity contribution in [2.45, 2.75) is 43.9 Å². The Morgan fingerprint density at radius 1 is 1.38 bits per heavy atom.